The van der Waals surface area contributed by atoms with Crippen LogP contribution in [-0.2, 0) is 32.6 Å². The first-order valence-corrected chi connectivity index (χ1v) is 17.3. The minimum atomic E-state index is -4.15. The maximum Gasteiger partial charge on any atom is 0.264 e. The largest absolute Gasteiger partial charge is 0.354 e. The zero-order valence-corrected chi connectivity index (χ0v) is 28.4. The summed E-state index contributed by atoms with van der Waals surface area (Å²) in [5, 5.41) is 3.02. The van der Waals surface area contributed by atoms with Gasteiger partial charge in [-0.05, 0) is 61.7 Å². The van der Waals surface area contributed by atoms with Gasteiger partial charge in [0.15, 0.2) is 0 Å². The monoisotopic (exact) mass is 689 g/mol. The number of nitrogens with one attached hydrogen (secondary N) is 1. The van der Waals surface area contributed by atoms with Crippen molar-refractivity contribution in [3.63, 3.8) is 0 Å². The maximum absolute atomic E-state index is 14.5. The normalized spacial score (nSPS) is 11.9. The molecule has 2 amide bonds. The van der Waals surface area contributed by atoms with Gasteiger partial charge in [0.1, 0.15) is 12.6 Å². The average molecular weight is 691 g/mol. The van der Waals surface area contributed by atoms with E-state index in [9.17, 15) is 18.0 Å². The minimum absolute atomic E-state index is 0.0732. The molecule has 45 heavy (non-hydrogen) atoms. The number of benzene rings is 4. The fourth-order valence-electron chi connectivity index (χ4n) is 4.95. The lowest BCUT2D eigenvalue weighted by molar-refractivity contribution is -0.140. The minimum Gasteiger partial charge on any atom is -0.354 e. The highest BCUT2D eigenvalue weighted by atomic mass is 79.9. The molecule has 0 saturated heterocycles. The van der Waals surface area contributed by atoms with Crippen molar-refractivity contribution in [2.45, 2.75) is 57.5 Å². The number of halogens is 1. The summed E-state index contributed by atoms with van der Waals surface area (Å²) < 4.78 is 30.1. The number of sulfonamides is 1. The number of aryl methyl sites for hydroxylation is 2. The molecular formula is C36H40BrN3O4S. The average Bonchev–Trinajstić information content (AvgIpc) is 3.03. The van der Waals surface area contributed by atoms with Crippen molar-refractivity contribution in [2.75, 3.05) is 17.4 Å². The molecule has 4 aromatic rings. The number of rotatable bonds is 14. The van der Waals surface area contributed by atoms with Crippen LogP contribution in [0, 0.1) is 13.8 Å². The van der Waals surface area contributed by atoms with Crippen molar-refractivity contribution in [1.29, 1.82) is 0 Å². The van der Waals surface area contributed by atoms with E-state index in [0.29, 0.717) is 16.7 Å². The van der Waals surface area contributed by atoms with Crippen LogP contribution < -0.4 is 9.62 Å². The topological polar surface area (TPSA) is 86.8 Å². The zero-order valence-electron chi connectivity index (χ0n) is 25.9. The first kappa shape index (κ1) is 33.9. The van der Waals surface area contributed by atoms with E-state index in [1.807, 2.05) is 75.4 Å². The molecule has 1 N–H and O–H groups in total. The lowest BCUT2D eigenvalue weighted by Gasteiger charge is -2.34. The van der Waals surface area contributed by atoms with Crippen LogP contribution in [-0.4, -0.2) is 44.3 Å². The highest BCUT2D eigenvalue weighted by Gasteiger charge is 2.34. The standard InChI is InChI=1S/C36H40BrN3O4S/c1-4-5-22-38-36(42)34(23-29-10-7-6-8-11-29)39(25-30-18-14-27(2)15-19-30)35(41)26-40(32-13-9-12-31(37)24-32)45(43,44)33-20-16-28(3)17-21-33/h6-21,24,34H,4-5,22-23,25-26H2,1-3H3,(H,38,42)/t34-/m0/s1. The molecule has 4 rings (SSSR count). The molecule has 0 bridgehead atoms. The maximum atomic E-state index is 14.5. The smallest absolute Gasteiger partial charge is 0.264 e. The van der Waals surface area contributed by atoms with E-state index >= 15 is 0 Å². The summed E-state index contributed by atoms with van der Waals surface area (Å²) in [7, 11) is -4.15. The Morgan fingerprint density at radius 1 is 0.822 bits per heavy atom. The summed E-state index contributed by atoms with van der Waals surface area (Å²) in [5.41, 5.74) is 4.05. The summed E-state index contributed by atoms with van der Waals surface area (Å²) in [5.74, 6) is -0.763. The van der Waals surface area contributed by atoms with E-state index in [1.165, 1.54) is 4.90 Å². The Kier molecular flexibility index (Phi) is 12.0. The SMILES string of the molecule is CCCCNC(=O)[C@H](Cc1ccccc1)N(Cc1ccc(C)cc1)C(=O)CN(c1cccc(Br)c1)S(=O)(=O)c1ccc(C)cc1. The van der Waals surface area contributed by atoms with Crippen LogP contribution in [0.2, 0.25) is 0 Å². The van der Waals surface area contributed by atoms with Gasteiger partial charge in [-0.15, -0.1) is 0 Å². The van der Waals surface area contributed by atoms with Crippen LogP contribution in [0.15, 0.2) is 112 Å². The third kappa shape index (κ3) is 9.28. The number of amides is 2. The quantitative estimate of drug-likeness (QED) is 0.147. The number of hydrogen-bond acceptors (Lipinski definition) is 4. The highest BCUT2D eigenvalue weighted by molar-refractivity contribution is 9.10. The second kappa shape index (κ2) is 15.9. The van der Waals surface area contributed by atoms with Gasteiger partial charge < -0.3 is 10.2 Å². The van der Waals surface area contributed by atoms with E-state index < -0.39 is 28.5 Å². The Hall–Kier alpha value is -3.95. The predicted octanol–water partition coefficient (Wildman–Crippen LogP) is 6.82. The van der Waals surface area contributed by atoms with E-state index in [-0.39, 0.29) is 23.8 Å². The summed E-state index contributed by atoms with van der Waals surface area (Å²) >= 11 is 3.45. The van der Waals surface area contributed by atoms with Crippen LogP contribution >= 0.6 is 15.9 Å². The number of hydrogen-bond donors (Lipinski definition) is 1. The van der Waals surface area contributed by atoms with Gasteiger partial charge in [-0.3, -0.25) is 13.9 Å². The van der Waals surface area contributed by atoms with E-state index in [4.69, 9.17) is 0 Å². The molecule has 0 radical (unpaired) electrons. The molecule has 0 spiro atoms. The van der Waals surface area contributed by atoms with Crippen molar-refractivity contribution in [1.82, 2.24) is 10.2 Å². The molecule has 0 saturated carbocycles. The summed E-state index contributed by atoms with van der Waals surface area (Å²) in [4.78, 5) is 29.9. The Labute approximate surface area is 275 Å². The van der Waals surface area contributed by atoms with Gasteiger partial charge in [0.25, 0.3) is 10.0 Å². The van der Waals surface area contributed by atoms with Crippen LogP contribution in [0.4, 0.5) is 5.69 Å². The molecule has 0 aromatic heterocycles. The van der Waals surface area contributed by atoms with Crippen molar-refractivity contribution in [3.05, 3.63) is 130 Å². The molecule has 0 aliphatic heterocycles. The highest BCUT2D eigenvalue weighted by Crippen LogP contribution is 2.27. The van der Waals surface area contributed by atoms with Crippen LogP contribution in [0.25, 0.3) is 0 Å². The molecule has 0 aliphatic rings. The lowest BCUT2D eigenvalue weighted by atomic mass is 10.0. The summed E-state index contributed by atoms with van der Waals surface area (Å²) in [6.45, 7) is 6.04. The Balaban J connectivity index is 1.78. The molecular weight excluding hydrogens is 650 g/mol. The Morgan fingerprint density at radius 3 is 2.09 bits per heavy atom. The van der Waals surface area contributed by atoms with Gasteiger partial charge in [0, 0.05) is 24.0 Å². The summed E-state index contributed by atoms with van der Waals surface area (Å²) in [6, 6.07) is 29.9. The van der Waals surface area contributed by atoms with E-state index in [2.05, 4.69) is 21.2 Å². The van der Waals surface area contributed by atoms with Crippen molar-refractivity contribution in [3.8, 4) is 0 Å². The van der Waals surface area contributed by atoms with Crippen LogP contribution in [0.3, 0.4) is 0 Å². The van der Waals surface area contributed by atoms with Gasteiger partial charge >= 0.3 is 0 Å². The van der Waals surface area contributed by atoms with Gasteiger partial charge in [-0.2, -0.15) is 0 Å². The molecule has 4 aromatic carbocycles. The fourth-order valence-corrected chi connectivity index (χ4v) is 6.74. The third-order valence-electron chi connectivity index (χ3n) is 7.56. The first-order chi connectivity index (χ1) is 21.6. The summed E-state index contributed by atoms with van der Waals surface area (Å²) in [6.07, 6.45) is 1.99. The van der Waals surface area contributed by atoms with Crippen molar-refractivity contribution in [2.24, 2.45) is 0 Å². The molecule has 0 unspecified atom stereocenters. The first-order valence-electron chi connectivity index (χ1n) is 15.1. The molecule has 0 fully saturated rings. The van der Waals surface area contributed by atoms with Gasteiger partial charge in [-0.25, -0.2) is 8.42 Å². The van der Waals surface area contributed by atoms with E-state index in [1.54, 1.807) is 48.5 Å². The second-order valence-corrected chi connectivity index (χ2v) is 13.9. The van der Waals surface area contributed by atoms with E-state index in [0.717, 1.165) is 39.4 Å². The van der Waals surface area contributed by atoms with Gasteiger partial charge in [-0.1, -0.05) is 113 Å². The molecule has 0 heterocycles. The number of anilines is 1. The predicted molar refractivity (Wildman–Crippen MR) is 183 cm³/mol. The molecule has 236 valence electrons. The molecule has 7 nitrogen and oxygen atoms in total. The number of unbranched alkanes of at least 4 members (excludes halogenated alkanes) is 1. The second-order valence-electron chi connectivity index (χ2n) is 11.2. The molecule has 9 heteroatoms. The third-order valence-corrected chi connectivity index (χ3v) is 9.84. The van der Waals surface area contributed by atoms with Crippen molar-refractivity contribution < 1.29 is 18.0 Å². The number of carbonyl (C=O) groups is 2. The molecule has 1 atom stereocenters. The van der Waals surface area contributed by atoms with Crippen LogP contribution in [0.1, 0.15) is 42.0 Å². The Bertz CT molecular complexity index is 1680. The van der Waals surface area contributed by atoms with Crippen molar-refractivity contribution >= 4 is 43.5 Å². The van der Waals surface area contributed by atoms with Crippen LogP contribution in [0.5, 0.6) is 0 Å². The van der Waals surface area contributed by atoms with Gasteiger partial charge in [0.2, 0.25) is 11.8 Å². The number of nitrogens with zero attached hydrogens (tertiary/aromatic N) is 2. The van der Waals surface area contributed by atoms with Gasteiger partial charge in [0.05, 0.1) is 10.6 Å². The molecule has 0 aliphatic carbocycles. The lowest BCUT2D eigenvalue weighted by Crippen LogP contribution is -2.53. The fraction of sp³-hybridized carbons (Fsp3) is 0.278. The Morgan fingerprint density at radius 2 is 1.47 bits per heavy atom. The zero-order chi connectivity index (χ0) is 32.4. The number of carbonyl (C=O) groups excluding carboxylic acids is 2.